The Kier molecular flexibility index (Phi) is 4.06. The molecule has 24 heavy (non-hydrogen) atoms. The number of fused-ring (bicyclic) bond motifs is 1. The summed E-state index contributed by atoms with van der Waals surface area (Å²) in [7, 11) is 0. The van der Waals surface area contributed by atoms with Crippen LogP contribution in [0.25, 0.3) is 11.3 Å². The van der Waals surface area contributed by atoms with Gasteiger partial charge in [0.05, 0.1) is 18.0 Å². The summed E-state index contributed by atoms with van der Waals surface area (Å²) in [4.78, 5) is 5.54. The first kappa shape index (κ1) is 15.0. The monoisotopic (exact) mass is 340 g/mol. The van der Waals surface area contributed by atoms with E-state index >= 15 is 0 Å². The van der Waals surface area contributed by atoms with Gasteiger partial charge in [0.15, 0.2) is 16.3 Å². The first-order valence-corrected chi connectivity index (χ1v) is 8.52. The fourth-order valence-electron chi connectivity index (χ4n) is 2.63. The number of para-hydroxylation sites is 1. The molecule has 5 nitrogen and oxygen atoms in total. The average molecular weight is 340 g/mol. The summed E-state index contributed by atoms with van der Waals surface area (Å²) in [5, 5.41) is 11.5. The van der Waals surface area contributed by atoms with E-state index in [4.69, 9.17) is 14.5 Å². The Morgan fingerprint density at radius 3 is 2.75 bits per heavy atom. The summed E-state index contributed by atoms with van der Waals surface area (Å²) >= 11 is 1.55. The molecular formula is C18H16N2O3S. The van der Waals surface area contributed by atoms with Crippen molar-refractivity contribution >= 4 is 17.0 Å². The SMILES string of the molecule is OCCn1c(-c2ccc3c(c2)OCO3)csc1=Nc1ccccc1. The molecule has 1 N–H and O–H groups in total. The van der Waals surface area contributed by atoms with Gasteiger partial charge in [0.25, 0.3) is 0 Å². The lowest BCUT2D eigenvalue weighted by Gasteiger charge is -2.08. The zero-order valence-corrected chi connectivity index (χ0v) is 13.7. The van der Waals surface area contributed by atoms with Crippen molar-refractivity contribution in [2.45, 2.75) is 6.54 Å². The van der Waals surface area contributed by atoms with Crippen LogP contribution in [0, 0.1) is 0 Å². The van der Waals surface area contributed by atoms with Crippen molar-refractivity contribution in [1.82, 2.24) is 4.57 Å². The number of ether oxygens (including phenoxy) is 2. The molecular weight excluding hydrogens is 324 g/mol. The van der Waals surface area contributed by atoms with Crippen molar-refractivity contribution < 1.29 is 14.6 Å². The summed E-state index contributed by atoms with van der Waals surface area (Å²) < 4.78 is 12.9. The van der Waals surface area contributed by atoms with Crippen molar-refractivity contribution in [1.29, 1.82) is 0 Å². The van der Waals surface area contributed by atoms with Gasteiger partial charge in [-0.3, -0.25) is 0 Å². The topological polar surface area (TPSA) is 56.0 Å². The Morgan fingerprint density at radius 1 is 1.08 bits per heavy atom. The molecule has 2 heterocycles. The van der Waals surface area contributed by atoms with Crippen LogP contribution in [0.4, 0.5) is 5.69 Å². The molecule has 0 amide bonds. The van der Waals surface area contributed by atoms with E-state index in [9.17, 15) is 5.11 Å². The third-order valence-electron chi connectivity index (χ3n) is 3.77. The zero-order chi connectivity index (χ0) is 16.4. The van der Waals surface area contributed by atoms with E-state index in [2.05, 4.69) is 5.38 Å². The molecule has 0 unspecified atom stereocenters. The van der Waals surface area contributed by atoms with Crippen LogP contribution in [0.2, 0.25) is 0 Å². The van der Waals surface area contributed by atoms with Gasteiger partial charge >= 0.3 is 0 Å². The number of thiazole rings is 1. The fourth-order valence-corrected chi connectivity index (χ4v) is 3.59. The standard InChI is InChI=1S/C18H16N2O3S/c21-9-8-20-15(13-6-7-16-17(10-13)23-12-22-16)11-24-18(20)19-14-4-2-1-3-5-14/h1-7,10-11,21H,8-9,12H2. The van der Waals surface area contributed by atoms with Crippen LogP contribution in [0.1, 0.15) is 0 Å². The Bertz CT molecular complexity index is 916. The summed E-state index contributed by atoms with van der Waals surface area (Å²) in [5.41, 5.74) is 2.91. The van der Waals surface area contributed by atoms with Crippen LogP contribution in [-0.2, 0) is 6.54 Å². The van der Waals surface area contributed by atoms with Gasteiger partial charge in [0.1, 0.15) is 0 Å². The Morgan fingerprint density at radius 2 is 1.92 bits per heavy atom. The van der Waals surface area contributed by atoms with Gasteiger partial charge < -0.3 is 19.1 Å². The molecule has 0 saturated carbocycles. The minimum absolute atomic E-state index is 0.0518. The van der Waals surface area contributed by atoms with Gasteiger partial charge in [0, 0.05) is 17.5 Å². The number of aliphatic hydroxyl groups excluding tert-OH is 1. The number of aromatic nitrogens is 1. The highest BCUT2D eigenvalue weighted by atomic mass is 32.1. The maximum Gasteiger partial charge on any atom is 0.231 e. The van der Waals surface area contributed by atoms with E-state index < -0.39 is 0 Å². The van der Waals surface area contributed by atoms with E-state index in [1.165, 1.54) is 0 Å². The summed E-state index contributed by atoms with van der Waals surface area (Å²) in [5.74, 6) is 1.51. The molecule has 0 saturated heterocycles. The first-order chi connectivity index (χ1) is 11.8. The van der Waals surface area contributed by atoms with Gasteiger partial charge in [-0.2, -0.15) is 0 Å². The highest BCUT2D eigenvalue weighted by molar-refractivity contribution is 7.07. The summed E-state index contributed by atoms with van der Waals surface area (Å²) in [6.45, 7) is 0.795. The Labute approximate surface area is 143 Å². The lowest BCUT2D eigenvalue weighted by molar-refractivity contribution is 0.174. The molecule has 1 aliphatic rings. The second-order valence-electron chi connectivity index (χ2n) is 5.29. The molecule has 0 radical (unpaired) electrons. The smallest absolute Gasteiger partial charge is 0.231 e. The maximum absolute atomic E-state index is 9.45. The van der Waals surface area contributed by atoms with Crippen LogP contribution in [-0.4, -0.2) is 23.1 Å². The molecule has 0 atom stereocenters. The molecule has 0 aliphatic carbocycles. The van der Waals surface area contributed by atoms with Crippen molar-refractivity contribution in [3.8, 4) is 22.8 Å². The third-order valence-corrected chi connectivity index (χ3v) is 4.63. The van der Waals surface area contributed by atoms with Crippen LogP contribution < -0.4 is 14.3 Å². The minimum atomic E-state index is 0.0518. The van der Waals surface area contributed by atoms with E-state index in [-0.39, 0.29) is 13.4 Å². The molecule has 0 fully saturated rings. The number of hydrogen-bond donors (Lipinski definition) is 1. The minimum Gasteiger partial charge on any atom is -0.454 e. The van der Waals surface area contributed by atoms with Gasteiger partial charge in [-0.05, 0) is 30.3 Å². The number of hydrogen-bond acceptors (Lipinski definition) is 5. The average Bonchev–Trinajstić information content (AvgIpc) is 3.23. The fraction of sp³-hybridized carbons (Fsp3) is 0.167. The van der Waals surface area contributed by atoms with Crippen LogP contribution in [0.3, 0.4) is 0 Å². The molecule has 0 bridgehead atoms. The highest BCUT2D eigenvalue weighted by Crippen LogP contribution is 2.36. The molecule has 2 aromatic carbocycles. The quantitative estimate of drug-likeness (QED) is 0.794. The predicted octanol–water partition coefficient (Wildman–Crippen LogP) is 3.17. The third kappa shape index (κ3) is 2.81. The van der Waals surface area contributed by atoms with E-state index in [1.807, 2.05) is 53.1 Å². The normalized spacial score (nSPS) is 13.5. The van der Waals surface area contributed by atoms with Crippen LogP contribution >= 0.6 is 11.3 Å². The second-order valence-corrected chi connectivity index (χ2v) is 6.13. The van der Waals surface area contributed by atoms with Crippen molar-refractivity contribution in [3.63, 3.8) is 0 Å². The number of benzene rings is 2. The van der Waals surface area contributed by atoms with Crippen molar-refractivity contribution in [2.75, 3.05) is 13.4 Å². The lowest BCUT2D eigenvalue weighted by Crippen LogP contribution is -2.17. The van der Waals surface area contributed by atoms with E-state index in [0.29, 0.717) is 6.54 Å². The molecule has 1 aliphatic heterocycles. The van der Waals surface area contributed by atoms with Gasteiger partial charge in [-0.25, -0.2) is 4.99 Å². The molecule has 4 rings (SSSR count). The molecule has 122 valence electrons. The number of nitrogens with zero attached hydrogens (tertiary/aromatic N) is 2. The zero-order valence-electron chi connectivity index (χ0n) is 12.9. The first-order valence-electron chi connectivity index (χ1n) is 7.64. The van der Waals surface area contributed by atoms with Crippen molar-refractivity contribution in [3.05, 3.63) is 58.7 Å². The van der Waals surface area contributed by atoms with Crippen molar-refractivity contribution in [2.24, 2.45) is 4.99 Å². The Balaban J connectivity index is 1.81. The van der Waals surface area contributed by atoms with Gasteiger partial charge in [-0.15, -0.1) is 11.3 Å². The number of aliphatic hydroxyl groups is 1. The van der Waals surface area contributed by atoms with Crippen LogP contribution in [0.15, 0.2) is 58.9 Å². The summed E-state index contributed by atoms with van der Waals surface area (Å²) in [6.07, 6.45) is 0. The largest absolute Gasteiger partial charge is 0.454 e. The maximum atomic E-state index is 9.45. The molecule has 3 aromatic rings. The molecule has 0 spiro atoms. The predicted molar refractivity (Wildman–Crippen MR) is 92.6 cm³/mol. The van der Waals surface area contributed by atoms with Gasteiger partial charge in [-0.1, -0.05) is 18.2 Å². The highest BCUT2D eigenvalue weighted by Gasteiger charge is 2.16. The van der Waals surface area contributed by atoms with E-state index in [1.54, 1.807) is 11.3 Å². The van der Waals surface area contributed by atoms with Crippen LogP contribution in [0.5, 0.6) is 11.5 Å². The second kappa shape index (κ2) is 6.51. The molecule has 1 aromatic heterocycles. The molecule has 6 heteroatoms. The van der Waals surface area contributed by atoms with Gasteiger partial charge in [0.2, 0.25) is 6.79 Å². The van der Waals surface area contributed by atoms with E-state index in [0.717, 1.165) is 33.2 Å². The lowest BCUT2D eigenvalue weighted by atomic mass is 10.1. The number of rotatable bonds is 4. The summed E-state index contributed by atoms with van der Waals surface area (Å²) in [6, 6.07) is 15.7. The Hall–Kier alpha value is -2.57.